The average Bonchev–Trinajstić information content (AvgIpc) is 3.27. The highest BCUT2D eigenvalue weighted by atomic mass is 79.9. The summed E-state index contributed by atoms with van der Waals surface area (Å²) in [6, 6.07) is 27.7. The summed E-state index contributed by atoms with van der Waals surface area (Å²) in [5.41, 5.74) is 10.8. The standard InChI is InChI=1S/C26H19BrN4O2/c27-18-12-10-16(11-13-18)15-32-21-9-5-4-8-19(21)22-20(14-28)25(29)33-26-23(22)24(30-31-26)17-6-2-1-3-7-17/h1-13,22H,15,29H2,(H,30,31)/t22-/m0/s1. The molecule has 1 atom stereocenters. The molecule has 6 nitrogen and oxygen atoms in total. The number of hydrogen-bond donors (Lipinski definition) is 2. The minimum Gasteiger partial charge on any atom is -0.489 e. The molecule has 0 fully saturated rings. The van der Waals surface area contributed by atoms with Crippen LogP contribution >= 0.6 is 15.9 Å². The molecule has 0 bridgehead atoms. The van der Waals surface area contributed by atoms with Gasteiger partial charge in [0.1, 0.15) is 24.0 Å². The van der Waals surface area contributed by atoms with Gasteiger partial charge in [-0.15, -0.1) is 5.10 Å². The van der Waals surface area contributed by atoms with E-state index in [0.717, 1.165) is 32.4 Å². The summed E-state index contributed by atoms with van der Waals surface area (Å²) in [6.45, 7) is 0.387. The van der Waals surface area contributed by atoms with Gasteiger partial charge in [-0.3, -0.25) is 5.10 Å². The number of nitrogens with zero attached hydrogens (tertiary/aromatic N) is 2. The number of fused-ring (bicyclic) bond motifs is 1. The molecule has 0 aliphatic carbocycles. The van der Waals surface area contributed by atoms with Crippen LogP contribution in [-0.4, -0.2) is 10.2 Å². The minimum absolute atomic E-state index is 0.0452. The lowest BCUT2D eigenvalue weighted by molar-refractivity contribution is 0.301. The molecule has 0 unspecified atom stereocenters. The van der Waals surface area contributed by atoms with Crippen molar-refractivity contribution in [2.45, 2.75) is 12.5 Å². The molecule has 3 N–H and O–H groups in total. The number of H-pyrrole nitrogens is 1. The maximum absolute atomic E-state index is 10.00. The fraction of sp³-hybridized carbons (Fsp3) is 0.0769. The van der Waals surface area contributed by atoms with E-state index in [4.69, 9.17) is 15.2 Å². The van der Waals surface area contributed by atoms with Gasteiger partial charge in [0, 0.05) is 10.0 Å². The number of aromatic nitrogens is 2. The maximum atomic E-state index is 10.00. The lowest BCUT2D eigenvalue weighted by Crippen LogP contribution is -2.21. The topological polar surface area (TPSA) is 97.0 Å². The number of halogens is 1. The van der Waals surface area contributed by atoms with Crippen LogP contribution in [0, 0.1) is 11.3 Å². The number of nitriles is 1. The Bertz CT molecular complexity index is 1370. The van der Waals surface area contributed by atoms with Crippen LogP contribution in [0.1, 0.15) is 22.6 Å². The summed E-state index contributed by atoms with van der Waals surface area (Å²) < 4.78 is 12.9. The fourth-order valence-electron chi connectivity index (χ4n) is 3.97. The Morgan fingerprint density at radius 3 is 2.52 bits per heavy atom. The molecule has 0 amide bonds. The zero-order valence-corrected chi connectivity index (χ0v) is 19.0. The maximum Gasteiger partial charge on any atom is 0.244 e. The number of nitrogens with two attached hydrogens (primary N) is 1. The molecule has 4 aromatic rings. The predicted octanol–water partition coefficient (Wildman–Crippen LogP) is 5.64. The Labute approximate surface area is 199 Å². The van der Waals surface area contributed by atoms with Crippen molar-refractivity contribution in [3.8, 4) is 29.0 Å². The first-order chi connectivity index (χ1) is 16.2. The van der Waals surface area contributed by atoms with Gasteiger partial charge >= 0.3 is 0 Å². The van der Waals surface area contributed by atoms with Crippen molar-refractivity contribution >= 4 is 15.9 Å². The lowest BCUT2D eigenvalue weighted by Gasteiger charge is -2.25. The first-order valence-corrected chi connectivity index (χ1v) is 11.1. The Hall–Kier alpha value is -4.02. The second-order valence-electron chi connectivity index (χ2n) is 7.56. The molecular formula is C26H19BrN4O2. The highest BCUT2D eigenvalue weighted by molar-refractivity contribution is 9.10. The number of nitrogens with one attached hydrogen (secondary N) is 1. The number of para-hydroxylation sites is 1. The number of allylic oxidation sites excluding steroid dienone is 1. The third-order valence-electron chi connectivity index (χ3n) is 5.54. The Morgan fingerprint density at radius 2 is 1.76 bits per heavy atom. The van der Waals surface area contributed by atoms with Gasteiger partial charge in [0.15, 0.2) is 0 Å². The number of hydrogen-bond acceptors (Lipinski definition) is 5. The van der Waals surface area contributed by atoms with Crippen molar-refractivity contribution in [1.29, 1.82) is 5.26 Å². The van der Waals surface area contributed by atoms with Crippen LogP contribution in [0.2, 0.25) is 0 Å². The Kier molecular flexibility index (Phi) is 5.59. The monoisotopic (exact) mass is 498 g/mol. The zero-order valence-electron chi connectivity index (χ0n) is 17.5. The number of benzene rings is 3. The highest BCUT2D eigenvalue weighted by Gasteiger charge is 2.37. The molecule has 7 heteroatoms. The van der Waals surface area contributed by atoms with Crippen LogP contribution in [0.4, 0.5) is 0 Å². The first kappa shape index (κ1) is 20.9. The van der Waals surface area contributed by atoms with Crippen LogP contribution in [0.15, 0.2) is 94.8 Å². The van der Waals surface area contributed by atoms with E-state index in [2.05, 4.69) is 32.2 Å². The molecule has 5 rings (SSSR count). The van der Waals surface area contributed by atoms with Gasteiger partial charge in [0.2, 0.25) is 11.8 Å². The van der Waals surface area contributed by atoms with Gasteiger partial charge in [-0.2, -0.15) is 5.26 Å². The first-order valence-electron chi connectivity index (χ1n) is 10.3. The largest absolute Gasteiger partial charge is 0.489 e. The van der Waals surface area contributed by atoms with E-state index in [1.54, 1.807) is 0 Å². The van der Waals surface area contributed by atoms with E-state index < -0.39 is 5.92 Å². The number of aromatic amines is 1. The molecule has 1 aliphatic heterocycles. The van der Waals surface area contributed by atoms with E-state index in [9.17, 15) is 5.26 Å². The molecule has 0 radical (unpaired) electrons. The summed E-state index contributed by atoms with van der Waals surface area (Å²) in [7, 11) is 0. The van der Waals surface area contributed by atoms with Crippen molar-refractivity contribution in [2.75, 3.05) is 0 Å². The molecule has 162 valence electrons. The number of ether oxygens (including phenoxy) is 2. The molecular weight excluding hydrogens is 480 g/mol. The molecule has 1 aliphatic rings. The van der Waals surface area contributed by atoms with Crippen LogP contribution in [0.3, 0.4) is 0 Å². The van der Waals surface area contributed by atoms with Gasteiger partial charge < -0.3 is 15.2 Å². The zero-order chi connectivity index (χ0) is 22.8. The van der Waals surface area contributed by atoms with Crippen molar-refractivity contribution in [3.63, 3.8) is 0 Å². The van der Waals surface area contributed by atoms with E-state index in [-0.39, 0.29) is 5.88 Å². The molecule has 1 aromatic heterocycles. The SMILES string of the molecule is N#CC1=C(N)Oc2n[nH]c(-c3ccccc3)c2[C@H]1c1ccccc1OCc1ccc(Br)cc1. The van der Waals surface area contributed by atoms with Gasteiger partial charge in [0.05, 0.1) is 17.2 Å². The second kappa shape index (κ2) is 8.85. The van der Waals surface area contributed by atoms with E-state index >= 15 is 0 Å². The quantitative estimate of drug-likeness (QED) is 0.371. The smallest absolute Gasteiger partial charge is 0.244 e. The Balaban J connectivity index is 1.60. The summed E-state index contributed by atoms with van der Waals surface area (Å²) >= 11 is 3.45. The third kappa shape index (κ3) is 3.97. The summed E-state index contributed by atoms with van der Waals surface area (Å²) in [5.74, 6) is 0.578. The van der Waals surface area contributed by atoms with Crippen LogP contribution in [-0.2, 0) is 6.61 Å². The molecule has 33 heavy (non-hydrogen) atoms. The van der Waals surface area contributed by atoms with Crippen molar-refractivity contribution < 1.29 is 9.47 Å². The minimum atomic E-state index is -0.492. The van der Waals surface area contributed by atoms with Gasteiger partial charge in [-0.1, -0.05) is 76.6 Å². The summed E-state index contributed by atoms with van der Waals surface area (Å²) in [5, 5.41) is 17.4. The lowest BCUT2D eigenvalue weighted by atomic mass is 9.82. The van der Waals surface area contributed by atoms with Crippen molar-refractivity contribution in [2.24, 2.45) is 5.73 Å². The molecule has 0 saturated heterocycles. The van der Waals surface area contributed by atoms with Crippen molar-refractivity contribution in [3.05, 3.63) is 111 Å². The van der Waals surface area contributed by atoms with Crippen LogP contribution in [0.5, 0.6) is 11.6 Å². The van der Waals surface area contributed by atoms with Gasteiger partial charge in [0.25, 0.3) is 0 Å². The van der Waals surface area contributed by atoms with Crippen LogP contribution in [0.25, 0.3) is 11.3 Å². The van der Waals surface area contributed by atoms with Crippen molar-refractivity contribution in [1.82, 2.24) is 10.2 Å². The van der Waals surface area contributed by atoms with E-state index in [1.165, 1.54) is 0 Å². The highest BCUT2D eigenvalue weighted by Crippen LogP contribution is 2.47. The normalized spacial score (nSPS) is 14.8. The summed E-state index contributed by atoms with van der Waals surface area (Å²) in [6.07, 6.45) is 0. The number of rotatable bonds is 5. The molecule has 3 aromatic carbocycles. The predicted molar refractivity (Wildman–Crippen MR) is 128 cm³/mol. The summed E-state index contributed by atoms with van der Waals surface area (Å²) in [4.78, 5) is 0. The molecule has 2 heterocycles. The Morgan fingerprint density at radius 1 is 1.03 bits per heavy atom. The third-order valence-corrected chi connectivity index (χ3v) is 6.07. The van der Waals surface area contributed by atoms with Crippen LogP contribution < -0.4 is 15.2 Å². The molecule has 0 saturated carbocycles. The average molecular weight is 499 g/mol. The molecule has 0 spiro atoms. The fourth-order valence-corrected chi connectivity index (χ4v) is 4.24. The van der Waals surface area contributed by atoms with Gasteiger partial charge in [-0.25, -0.2) is 0 Å². The van der Waals surface area contributed by atoms with E-state index in [0.29, 0.717) is 23.8 Å². The van der Waals surface area contributed by atoms with Gasteiger partial charge in [-0.05, 0) is 29.3 Å². The van der Waals surface area contributed by atoms with E-state index in [1.807, 2.05) is 78.9 Å². The second-order valence-corrected chi connectivity index (χ2v) is 8.48.